The Kier molecular flexibility index (Phi) is 3.72. The van der Waals surface area contributed by atoms with Gasteiger partial charge in [-0.1, -0.05) is 0 Å². The minimum absolute atomic E-state index is 0.601. The summed E-state index contributed by atoms with van der Waals surface area (Å²) < 4.78 is 1.04. The smallest absolute Gasteiger partial charge is 0.0544 e. The molecule has 0 aromatic carbocycles. The third kappa shape index (κ3) is 3.00. The monoisotopic (exact) mass is 269 g/mol. The van der Waals surface area contributed by atoms with Crippen LogP contribution in [0.2, 0.25) is 0 Å². The van der Waals surface area contributed by atoms with Crippen molar-refractivity contribution in [2.75, 3.05) is 19.6 Å². The number of halogens is 1. The summed E-state index contributed by atoms with van der Waals surface area (Å²) in [5.74, 6) is 0. The van der Waals surface area contributed by atoms with Gasteiger partial charge in [-0.2, -0.15) is 0 Å². The van der Waals surface area contributed by atoms with Crippen molar-refractivity contribution in [3.63, 3.8) is 0 Å². The zero-order chi connectivity index (χ0) is 10.7. The molecule has 0 unspecified atom stereocenters. The summed E-state index contributed by atoms with van der Waals surface area (Å²) in [6.45, 7) is 6.48. The fraction of sp³-hybridized carbons (Fsp3) is 0.545. The van der Waals surface area contributed by atoms with Crippen LogP contribution in [-0.2, 0) is 6.54 Å². The second-order valence-corrected chi connectivity index (χ2v) is 4.91. The first-order chi connectivity index (χ1) is 7.25. The molecule has 0 spiro atoms. The topological polar surface area (TPSA) is 28.2 Å². The van der Waals surface area contributed by atoms with Crippen molar-refractivity contribution in [1.29, 1.82) is 0 Å². The molecule has 0 bridgehead atoms. The lowest BCUT2D eigenvalue weighted by Crippen LogP contribution is -2.49. The Hall–Kier alpha value is -0.450. The van der Waals surface area contributed by atoms with Gasteiger partial charge < -0.3 is 5.32 Å². The first kappa shape index (κ1) is 11.0. The molecule has 2 rings (SSSR count). The maximum Gasteiger partial charge on any atom is 0.0544 e. The second-order valence-electron chi connectivity index (χ2n) is 3.99. The molecule has 0 radical (unpaired) electrons. The van der Waals surface area contributed by atoms with Crippen LogP contribution < -0.4 is 5.32 Å². The first-order valence-corrected chi connectivity index (χ1v) is 6.10. The molecule has 82 valence electrons. The van der Waals surface area contributed by atoms with E-state index in [1.54, 1.807) is 0 Å². The molecule has 1 fully saturated rings. The van der Waals surface area contributed by atoms with Gasteiger partial charge >= 0.3 is 0 Å². The van der Waals surface area contributed by atoms with E-state index in [0.29, 0.717) is 6.04 Å². The van der Waals surface area contributed by atoms with Crippen molar-refractivity contribution in [3.05, 3.63) is 28.5 Å². The third-order valence-electron chi connectivity index (χ3n) is 2.79. The molecule has 1 aliphatic heterocycles. The number of rotatable bonds is 2. The van der Waals surface area contributed by atoms with Crippen LogP contribution in [0.3, 0.4) is 0 Å². The lowest BCUT2D eigenvalue weighted by atomic mass is 10.2. The normalized spacial score (nSPS) is 22.9. The molecule has 4 heteroatoms. The van der Waals surface area contributed by atoms with E-state index in [4.69, 9.17) is 0 Å². The highest BCUT2D eigenvalue weighted by atomic mass is 79.9. The largest absolute Gasteiger partial charge is 0.314 e. The van der Waals surface area contributed by atoms with Crippen molar-refractivity contribution >= 4 is 15.9 Å². The summed E-state index contributed by atoms with van der Waals surface area (Å²) in [4.78, 5) is 6.86. The molecular formula is C11H16BrN3. The van der Waals surface area contributed by atoms with E-state index in [1.807, 2.05) is 6.20 Å². The molecule has 1 N–H and O–H groups in total. The van der Waals surface area contributed by atoms with Gasteiger partial charge in [-0.05, 0) is 35.0 Å². The SMILES string of the molecule is C[C@H]1CNCCN1Cc1ccc(Br)cn1. The summed E-state index contributed by atoms with van der Waals surface area (Å²) in [7, 11) is 0. The van der Waals surface area contributed by atoms with Crippen LogP contribution in [-0.4, -0.2) is 35.6 Å². The van der Waals surface area contributed by atoms with E-state index in [2.05, 4.69) is 50.2 Å². The fourth-order valence-corrected chi connectivity index (χ4v) is 2.06. The van der Waals surface area contributed by atoms with Crippen LogP contribution in [0.5, 0.6) is 0 Å². The zero-order valence-electron chi connectivity index (χ0n) is 8.91. The van der Waals surface area contributed by atoms with Gasteiger partial charge in [0.05, 0.1) is 5.69 Å². The Morgan fingerprint density at radius 3 is 3.13 bits per heavy atom. The van der Waals surface area contributed by atoms with Gasteiger partial charge in [0, 0.05) is 42.9 Å². The van der Waals surface area contributed by atoms with Crippen LogP contribution in [0.1, 0.15) is 12.6 Å². The quantitative estimate of drug-likeness (QED) is 0.885. The minimum Gasteiger partial charge on any atom is -0.314 e. The summed E-state index contributed by atoms with van der Waals surface area (Å²) >= 11 is 3.40. The van der Waals surface area contributed by atoms with E-state index in [0.717, 1.165) is 36.3 Å². The molecule has 1 aliphatic rings. The van der Waals surface area contributed by atoms with Crippen molar-refractivity contribution in [2.24, 2.45) is 0 Å². The average Bonchev–Trinajstić information content (AvgIpc) is 2.25. The summed E-state index contributed by atoms with van der Waals surface area (Å²) in [5.41, 5.74) is 1.15. The summed E-state index contributed by atoms with van der Waals surface area (Å²) in [6.07, 6.45) is 1.86. The Morgan fingerprint density at radius 1 is 1.60 bits per heavy atom. The maximum atomic E-state index is 4.40. The van der Waals surface area contributed by atoms with Gasteiger partial charge in [-0.15, -0.1) is 0 Å². The van der Waals surface area contributed by atoms with Crippen LogP contribution in [0.15, 0.2) is 22.8 Å². The van der Waals surface area contributed by atoms with E-state index >= 15 is 0 Å². The zero-order valence-corrected chi connectivity index (χ0v) is 10.5. The standard InChI is InChI=1S/C11H16BrN3/c1-9-6-13-4-5-15(9)8-11-3-2-10(12)7-14-11/h2-3,7,9,13H,4-6,8H2,1H3/t9-/m0/s1. The molecule has 3 nitrogen and oxygen atoms in total. The van der Waals surface area contributed by atoms with Gasteiger partial charge in [0.2, 0.25) is 0 Å². The third-order valence-corrected chi connectivity index (χ3v) is 3.26. The Bertz CT molecular complexity index is 312. The van der Waals surface area contributed by atoms with Crippen molar-refractivity contribution in [2.45, 2.75) is 19.5 Å². The highest BCUT2D eigenvalue weighted by Gasteiger charge is 2.17. The molecule has 0 saturated carbocycles. The van der Waals surface area contributed by atoms with Crippen molar-refractivity contribution < 1.29 is 0 Å². The van der Waals surface area contributed by atoms with Crippen molar-refractivity contribution in [3.8, 4) is 0 Å². The number of pyridine rings is 1. The van der Waals surface area contributed by atoms with E-state index in [-0.39, 0.29) is 0 Å². The molecule has 0 amide bonds. The van der Waals surface area contributed by atoms with Crippen LogP contribution in [0.4, 0.5) is 0 Å². The van der Waals surface area contributed by atoms with Gasteiger partial charge in [0.1, 0.15) is 0 Å². The van der Waals surface area contributed by atoms with E-state index in [9.17, 15) is 0 Å². The highest BCUT2D eigenvalue weighted by molar-refractivity contribution is 9.10. The molecule has 0 aliphatic carbocycles. The van der Waals surface area contributed by atoms with E-state index < -0.39 is 0 Å². The lowest BCUT2D eigenvalue weighted by molar-refractivity contribution is 0.164. The fourth-order valence-electron chi connectivity index (χ4n) is 1.83. The number of hydrogen-bond acceptors (Lipinski definition) is 3. The predicted molar refractivity (Wildman–Crippen MR) is 64.7 cm³/mol. The molecule has 2 heterocycles. The maximum absolute atomic E-state index is 4.40. The van der Waals surface area contributed by atoms with Crippen molar-refractivity contribution in [1.82, 2.24) is 15.2 Å². The Morgan fingerprint density at radius 2 is 2.47 bits per heavy atom. The van der Waals surface area contributed by atoms with Crippen LogP contribution >= 0.6 is 15.9 Å². The first-order valence-electron chi connectivity index (χ1n) is 5.31. The van der Waals surface area contributed by atoms with Crippen LogP contribution in [0.25, 0.3) is 0 Å². The number of piperazine rings is 1. The Labute approximate surface area is 99.0 Å². The van der Waals surface area contributed by atoms with E-state index in [1.165, 1.54) is 0 Å². The molecular weight excluding hydrogens is 254 g/mol. The number of hydrogen-bond donors (Lipinski definition) is 1. The number of nitrogens with one attached hydrogen (secondary N) is 1. The van der Waals surface area contributed by atoms with Crippen LogP contribution in [0, 0.1) is 0 Å². The molecule has 1 atom stereocenters. The highest BCUT2D eigenvalue weighted by Crippen LogP contribution is 2.11. The molecule has 1 saturated heterocycles. The number of nitrogens with zero attached hydrogens (tertiary/aromatic N) is 2. The Balaban J connectivity index is 1.98. The molecule has 1 aromatic heterocycles. The van der Waals surface area contributed by atoms with Gasteiger partial charge in [0.15, 0.2) is 0 Å². The average molecular weight is 270 g/mol. The number of aromatic nitrogens is 1. The molecule has 1 aromatic rings. The van der Waals surface area contributed by atoms with Gasteiger partial charge in [-0.25, -0.2) is 0 Å². The summed E-state index contributed by atoms with van der Waals surface area (Å²) in [5, 5.41) is 3.39. The van der Waals surface area contributed by atoms with Gasteiger partial charge in [0.25, 0.3) is 0 Å². The lowest BCUT2D eigenvalue weighted by Gasteiger charge is -2.33. The summed E-state index contributed by atoms with van der Waals surface area (Å²) in [6, 6.07) is 4.73. The second kappa shape index (κ2) is 5.05. The minimum atomic E-state index is 0.601. The predicted octanol–water partition coefficient (Wildman–Crippen LogP) is 1.64. The molecule has 15 heavy (non-hydrogen) atoms. The van der Waals surface area contributed by atoms with Gasteiger partial charge in [-0.3, -0.25) is 9.88 Å².